The first kappa shape index (κ1) is 22.0. The molecule has 1 atom stereocenters. The first-order chi connectivity index (χ1) is 13.7. The summed E-state index contributed by atoms with van der Waals surface area (Å²) in [5, 5.41) is 9.44. The van der Waals surface area contributed by atoms with Gasteiger partial charge in [0.2, 0.25) is 5.91 Å². The second-order valence-electron chi connectivity index (χ2n) is 9.36. The molecule has 0 unspecified atom stereocenters. The van der Waals surface area contributed by atoms with E-state index in [0.29, 0.717) is 0 Å². The molecule has 1 heterocycles. The molecule has 0 radical (unpaired) electrons. The second kappa shape index (κ2) is 6.92. The van der Waals surface area contributed by atoms with E-state index in [4.69, 9.17) is 4.74 Å². The molecule has 1 aliphatic carbocycles. The van der Waals surface area contributed by atoms with Gasteiger partial charge in [-0.15, -0.1) is 0 Å². The van der Waals surface area contributed by atoms with Crippen LogP contribution in [0.5, 0.6) is 0 Å². The van der Waals surface area contributed by atoms with E-state index in [1.807, 2.05) is 0 Å². The predicted octanol–water partition coefficient (Wildman–Crippen LogP) is 3.05. The number of aliphatic carboxylic acids is 1. The van der Waals surface area contributed by atoms with Crippen LogP contribution < -0.4 is 0 Å². The Kier molecular flexibility index (Phi) is 5.07. The number of carbonyl (C=O) groups excluding carboxylic acids is 2. The Balaban J connectivity index is 2.17. The molecular formula is C21H26F2N2O5. The molecule has 1 saturated heterocycles. The number of carboxylic acid groups (broad SMARTS) is 1. The van der Waals surface area contributed by atoms with Gasteiger partial charge in [-0.2, -0.15) is 0 Å². The zero-order valence-corrected chi connectivity index (χ0v) is 17.7. The summed E-state index contributed by atoms with van der Waals surface area (Å²) in [7, 11) is 0. The average molecular weight is 424 g/mol. The van der Waals surface area contributed by atoms with Crippen LogP contribution in [0.2, 0.25) is 0 Å². The lowest BCUT2D eigenvalue weighted by molar-refractivity contribution is -0.167. The van der Waals surface area contributed by atoms with E-state index >= 15 is 0 Å². The van der Waals surface area contributed by atoms with Crippen LogP contribution in [0.4, 0.5) is 13.6 Å². The largest absolute Gasteiger partial charge is 0.480 e. The summed E-state index contributed by atoms with van der Waals surface area (Å²) in [5.41, 5.74) is -3.17. The third-order valence-electron chi connectivity index (χ3n) is 5.74. The van der Waals surface area contributed by atoms with Gasteiger partial charge in [-0.3, -0.25) is 14.5 Å². The van der Waals surface area contributed by atoms with Crippen LogP contribution in [0.3, 0.4) is 0 Å². The van der Waals surface area contributed by atoms with E-state index in [-0.39, 0.29) is 30.5 Å². The topological polar surface area (TPSA) is 87.2 Å². The van der Waals surface area contributed by atoms with Crippen molar-refractivity contribution >= 4 is 18.0 Å². The fourth-order valence-corrected chi connectivity index (χ4v) is 4.34. The highest BCUT2D eigenvalue weighted by Crippen LogP contribution is 2.48. The molecule has 1 aromatic carbocycles. The third-order valence-corrected chi connectivity index (χ3v) is 5.74. The highest BCUT2D eigenvalue weighted by atomic mass is 19.1. The van der Waals surface area contributed by atoms with Gasteiger partial charge in [0, 0.05) is 6.07 Å². The number of amides is 2. The molecule has 30 heavy (non-hydrogen) atoms. The standard InChI is InChI=1S/C21H26F2N2O5/c1-19(2,3)30-18(29)25-11-21(24(10-16(26)27)17(28)20(25,4)5)7-6-13-14(21)8-12(22)9-15(13)23/h8-9H,6-7,10-11H2,1-5H3,(H,26,27)/t21-/m0/s1. The minimum absolute atomic E-state index is 0.135. The Bertz CT molecular complexity index is 925. The number of benzene rings is 1. The lowest BCUT2D eigenvalue weighted by atomic mass is 9.81. The maximum Gasteiger partial charge on any atom is 0.411 e. The second-order valence-corrected chi connectivity index (χ2v) is 9.36. The number of carbonyl (C=O) groups is 3. The van der Waals surface area contributed by atoms with Crippen LogP contribution in [0, 0.1) is 11.6 Å². The van der Waals surface area contributed by atoms with Gasteiger partial charge < -0.3 is 14.7 Å². The summed E-state index contributed by atoms with van der Waals surface area (Å²) in [6.45, 7) is 7.28. The lowest BCUT2D eigenvalue weighted by Gasteiger charge is -2.55. The van der Waals surface area contributed by atoms with Crippen molar-refractivity contribution in [2.45, 2.75) is 64.1 Å². The fraction of sp³-hybridized carbons (Fsp3) is 0.571. The number of piperazine rings is 1. The van der Waals surface area contributed by atoms with Crippen molar-refractivity contribution in [3.8, 4) is 0 Å². The molecule has 2 amide bonds. The van der Waals surface area contributed by atoms with E-state index in [1.54, 1.807) is 20.8 Å². The van der Waals surface area contributed by atoms with Gasteiger partial charge in [0.25, 0.3) is 0 Å². The SMILES string of the molecule is CC(C)(C)OC(=O)N1C[C@]2(CCc3c(F)cc(F)cc32)N(CC(=O)O)C(=O)C1(C)C. The highest BCUT2D eigenvalue weighted by Gasteiger charge is 2.59. The minimum atomic E-state index is -1.41. The average Bonchev–Trinajstić information content (AvgIpc) is 2.93. The van der Waals surface area contributed by atoms with E-state index in [9.17, 15) is 28.3 Å². The monoisotopic (exact) mass is 424 g/mol. The number of rotatable bonds is 2. The first-order valence-electron chi connectivity index (χ1n) is 9.72. The summed E-state index contributed by atoms with van der Waals surface area (Å²) >= 11 is 0. The van der Waals surface area contributed by atoms with Crippen molar-refractivity contribution in [1.29, 1.82) is 0 Å². The molecule has 1 aliphatic heterocycles. The van der Waals surface area contributed by atoms with E-state index in [1.165, 1.54) is 18.7 Å². The minimum Gasteiger partial charge on any atom is -0.480 e. The van der Waals surface area contributed by atoms with Gasteiger partial charge in [0.05, 0.1) is 12.1 Å². The summed E-state index contributed by atoms with van der Waals surface area (Å²) in [6.07, 6.45) is -0.398. The number of halogens is 2. The van der Waals surface area contributed by atoms with Gasteiger partial charge >= 0.3 is 12.1 Å². The molecule has 2 aliphatic rings. The molecule has 164 valence electrons. The van der Waals surface area contributed by atoms with Gasteiger partial charge in [-0.25, -0.2) is 13.6 Å². The molecule has 7 nitrogen and oxygen atoms in total. The van der Waals surface area contributed by atoms with Crippen molar-refractivity contribution < 1.29 is 33.0 Å². The Morgan fingerprint density at radius 2 is 1.87 bits per heavy atom. The maximum absolute atomic E-state index is 14.4. The summed E-state index contributed by atoms with van der Waals surface area (Å²) in [4.78, 5) is 40.3. The molecule has 1 N–H and O–H groups in total. The van der Waals surface area contributed by atoms with Crippen LogP contribution in [0.15, 0.2) is 12.1 Å². The Labute approximate surface area is 173 Å². The van der Waals surface area contributed by atoms with Crippen LogP contribution in [0.1, 0.15) is 52.2 Å². The molecule has 1 spiro atoms. The zero-order chi connectivity index (χ0) is 22.6. The number of hydrogen-bond acceptors (Lipinski definition) is 4. The van der Waals surface area contributed by atoms with Crippen LogP contribution in [-0.4, -0.2) is 57.1 Å². The number of fused-ring (bicyclic) bond motifs is 2. The zero-order valence-electron chi connectivity index (χ0n) is 17.7. The van der Waals surface area contributed by atoms with Gasteiger partial charge in [0.1, 0.15) is 29.3 Å². The Hall–Kier alpha value is -2.71. The lowest BCUT2D eigenvalue weighted by Crippen LogP contribution is -2.72. The van der Waals surface area contributed by atoms with Crippen molar-refractivity contribution in [2.24, 2.45) is 0 Å². The van der Waals surface area contributed by atoms with E-state index in [0.717, 1.165) is 17.0 Å². The fourth-order valence-electron chi connectivity index (χ4n) is 4.34. The summed E-state index contributed by atoms with van der Waals surface area (Å²) in [6, 6.07) is 1.89. The van der Waals surface area contributed by atoms with Crippen LogP contribution in [-0.2, 0) is 26.3 Å². The van der Waals surface area contributed by atoms with Crippen molar-refractivity contribution in [3.63, 3.8) is 0 Å². The molecule has 0 bridgehead atoms. The maximum atomic E-state index is 14.4. The molecule has 9 heteroatoms. The molecule has 1 aromatic rings. The summed E-state index contributed by atoms with van der Waals surface area (Å²) < 4.78 is 34.0. The van der Waals surface area contributed by atoms with Crippen molar-refractivity contribution in [2.75, 3.05) is 13.1 Å². The van der Waals surface area contributed by atoms with Gasteiger partial charge in [-0.05, 0) is 64.7 Å². The predicted molar refractivity (Wildman–Crippen MR) is 103 cm³/mol. The van der Waals surface area contributed by atoms with Gasteiger partial charge in [0.15, 0.2) is 0 Å². The molecule has 0 saturated carbocycles. The van der Waals surface area contributed by atoms with Crippen LogP contribution in [0.25, 0.3) is 0 Å². The normalized spacial score (nSPS) is 23.0. The van der Waals surface area contributed by atoms with Crippen molar-refractivity contribution in [1.82, 2.24) is 9.80 Å². The van der Waals surface area contributed by atoms with E-state index < -0.39 is 52.8 Å². The molecule has 3 rings (SSSR count). The molecular weight excluding hydrogens is 398 g/mol. The first-order valence-corrected chi connectivity index (χ1v) is 9.72. The van der Waals surface area contributed by atoms with E-state index in [2.05, 4.69) is 0 Å². The van der Waals surface area contributed by atoms with Gasteiger partial charge in [-0.1, -0.05) is 0 Å². The molecule has 0 aromatic heterocycles. The molecule has 1 fully saturated rings. The smallest absolute Gasteiger partial charge is 0.411 e. The third kappa shape index (κ3) is 3.50. The number of hydrogen-bond donors (Lipinski definition) is 1. The number of nitrogens with zero attached hydrogens (tertiary/aromatic N) is 2. The number of ether oxygens (including phenoxy) is 1. The van der Waals surface area contributed by atoms with Crippen molar-refractivity contribution in [3.05, 3.63) is 34.9 Å². The quantitative estimate of drug-likeness (QED) is 0.789. The summed E-state index contributed by atoms with van der Waals surface area (Å²) in [5.74, 6) is -3.46. The number of carboxylic acids is 1. The highest BCUT2D eigenvalue weighted by molar-refractivity contribution is 5.93. The Morgan fingerprint density at radius 3 is 2.43 bits per heavy atom. The Morgan fingerprint density at radius 1 is 1.23 bits per heavy atom. The van der Waals surface area contributed by atoms with Crippen LogP contribution >= 0.6 is 0 Å².